The van der Waals surface area contributed by atoms with Crippen LogP contribution in [-0.2, 0) is 10.8 Å². The molecule has 1 aromatic carbocycles. The predicted molar refractivity (Wildman–Crippen MR) is 77.4 cm³/mol. The predicted octanol–water partition coefficient (Wildman–Crippen LogP) is 1.88. The minimum Gasteiger partial charge on any atom is -0.497 e. The van der Waals surface area contributed by atoms with Gasteiger partial charge >= 0.3 is 0 Å². The van der Waals surface area contributed by atoms with Gasteiger partial charge in [0.05, 0.1) is 14.2 Å². The smallest absolute Gasteiger partial charge is 0.123 e. The average molecular weight is 283 g/mol. The lowest BCUT2D eigenvalue weighted by atomic mass is 10.1. The van der Waals surface area contributed by atoms with E-state index in [9.17, 15) is 4.21 Å². The highest BCUT2D eigenvalue weighted by Crippen LogP contribution is 2.31. The number of hydrogen-bond acceptors (Lipinski definition) is 4. The molecule has 1 fully saturated rings. The summed E-state index contributed by atoms with van der Waals surface area (Å²) in [5.74, 6) is 2.22. The van der Waals surface area contributed by atoms with Crippen LogP contribution in [-0.4, -0.2) is 36.0 Å². The first-order chi connectivity index (χ1) is 9.15. The number of nitrogens with one attached hydrogen (secondary N) is 1. The number of hydrogen-bond donors (Lipinski definition) is 1. The average Bonchev–Trinajstić information content (AvgIpc) is 2.60. The molecule has 0 bridgehead atoms. The summed E-state index contributed by atoms with van der Waals surface area (Å²) in [6.45, 7) is 2.92. The maximum atomic E-state index is 12.2. The third-order valence-corrected chi connectivity index (χ3v) is 5.33. The van der Waals surface area contributed by atoms with E-state index in [1.54, 1.807) is 14.2 Å². The molecule has 0 spiro atoms. The Hall–Kier alpha value is -1.07. The highest BCUT2D eigenvalue weighted by molar-refractivity contribution is 7.85. The second-order valence-electron chi connectivity index (χ2n) is 4.76. The highest BCUT2D eigenvalue weighted by atomic mass is 32.2. The van der Waals surface area contributed by atoms with Crippen LogP contribution in [0.15, 0.2) is 18.2 Å². The molecular weight excluding hydrogens is 262 g/mol. The van der Waals surface area contributed by atoms with Crippen molar-refractivity contribution < 1.29 is 13.7 Å². The van der Waals surface area contributed by atoms with Crippen molar-refractivity contribution >= 4 is 10.8 Å². The third kappa shape index (κ3) is 3.28. The molecule has 2 rings (SSSR count). The number of ether oxygens (including phenoxy) is 2. The largest absolute Gasteiger partial charge is 0.497 e. The minimum atomic E-state index is -0.811. The van der Waals surface area contributed by atoms with Crippen molar-refractivity contribution in [3.8, 4) is 11.5 Å². The minimum absolute atomic E-state index is 0.0517. The summed E-state index contributed by atoms with van der Waals surface area (Å²) in [4.78, 5) is 0. The van der Waals surface area contributed by atoms with E-state index in [2.05, 4.69) is 5.32 Å². The van der Waals surface area contributed by atoms with Crippen LogP contribution in [0, 0.1) is 0 Å². The molecule has 1 aromatic rings. The van der Waals surface area contributed by atoms with Crippen LogP contribution < -0.4 is 14.8 Å². The molecule has 1 saturated heterocycles. The SMILES string of the molecule is COc1ccc(OC)c(C2CS(=O)C(C)CCN2)c1. The fourth-order valence-corrected chi connectivity index (χ4v) is 3.63. The summed E-state index contributed by atoms with van der Waals surface area (Å²) in [5, 5.41) is 3.70. The monoisotopic (exact) mass is 283 g/mol. The van der Waals surface area contributed by atoms with Gasteiger partial charge in [-0.25, -0.2) is 0 Å². The number of rotatable bonds is 3. The van der Waals surface area contributed by atoms with Crippen molar-refractivity contribution in [3.05, 3.63) is 23.8 Å². The lowest BCUT2D eigenvalue weighted by molar-refractivity contribution is 0.392. The lowest BCUT2D eigenvalue weighted by Crippen LogP contribution is -2.24. The number of benzene rings is 1. The van der Waals surface area contributed by atoms with E-state index in [0.717, 1.165) is 30.0 Å². The zero-order valence-corrected chi connectivity index (χ0v) is 12.5. The molecule has 3 unspecified atom stereocenters. The van der Waals surface area contributed by atoms with Gasteiger partial charge < -0.3 is 14.8 Å². The van der Waals surface area contributed by atoms with Crippen LogP contribution >= 0.6 is 0 Å². The molecule has 0 saturated carbocycles. The Kier molecular flexibility index (Phi) is 4.82. The second-order valence-corrected chi connectivity index (χ2v) is 6.66. The van der Waals surface area contributed by atoms with Crippen LogP contribution in [0.3, 0.4) is 0 Å². The van der Waals surface area contributed by atoms with E-state index < -0.39 is 10.8 Å². The van der Waals surface area contributed by atoms with E-state index in [1.807, 2.05) is 25.1 Å². The Morgan fingerprint density at radius 2 is 2.11 bits per heavy atom. The molecule has 0 radical (unpaired) electrons. The summed E-state index contributed by atoms with van der Waals surface area (Å²) in [6, 6.07) is 5.78. The molecule has 0 aromatic heterocycles. The summed E-state index contributed by atoms with van der Waals surface area (Å²) >= 11 is 0. The topological polar surface area (TPSA) is 47.6 Å². The van der Waals surface area contributed by atoms with Crippen molar-refractivity contribution in [2.24, 2.45) is 0 Å². The Morgan fingerprint density at radius 3 is 2.79 bits per heavy atom. The molecule has 1 aliphatic rings. The van der Waals surface area contributed by atoms with Gasteiger partial charge in [-0.05, 0) is 31.2 Å². The maximum absolute atomic E-state index is 12.2. The summed E-state index contributed by atoms with van der Waals surface area (Å²) in [5.41, 5.74) is 1.02. The Balaban J connectivity index is 2.31. The van der Waals surface area contributed by atoms with Crippen LogP contribution in [0.5, 0.6) is 11.5 Å². The molecule has 4 nitrogen and oxygen atoms in total. The van der Waals surface area contributed by atoms with Gasteiger partial charge in [0.15, 0.2) is 0 Å². The van der Waals surface area contributed by atoms with Crippen molar-refractivity contribution in [2.45, 2.75) is 24.6 Å². The third-order valence-electron chi connectivity index (χ3n) is 3.53. The van der Waals surface area contributed by atoms with Gasteiger partial charge in [0.2, 0.25) is 0 Å². The van der Waals surface area contributed by atoms with Crippen molar-refractivity contribution in [1.29, 1.82) is 0 Å². The first-order valence-electron chi connectivity index (χ1n) is 6.48. The van der Waals surface area contributed by atoms with Gasteiger partial charge in [-0.2, -0.15) is 0 Å². The summed E-state index contributed by atoms with van der Waals surface area (Å²) < 4.78 is 22.8. The first-order valence-corrected chi connectivity index (χ1v) is 7.86. The summed E-state index contributed by atoms with van der Waals surface area (Å²) in [6.07, 6.45) is 0.940. The first kappa shape index (κ1) is 14.3. The molecule has 1 aliphatic heterocycles. The van der Waals surface area contributed by atoms with Gasteiger partial charge in [-0.3, -0.25) is 4.21 Å². The highest BCUT2D eigenvalue weighted by Gasteiger charge is 2.25. The van der Waals surface area contributed by atoms with Crippen molar-refractivity contribution in [1.82, 2.24) is 5.32 Å². The second kappa shape index (κ2) is 6.39. The zero-order valence-electron chi connectivity index (χ0n) is 11.6. The van der Waals surface area contributed by atoms with E-state index in [0.29, 0.717) is 5.75 Å². The van der Waals surface area contributed by atoms with Crippen LogP contribution in [0.4, 0.5) is 0 Å². The molecule has 0 amide bonds. The molecule has 106 valence electrons. The Bertz CT molecular complexity index is 464. The molecule has 5 heteroatoms. The normalized spacial score (nSPS) is 27.6. The van der Waals surface area contributed by atoms with Gasteiger partial charge in [0.25, 0.3) is 0 Å². The van der Waals surface area contributed by atoms with Crippen LogP contribution in [0.2, 0.25) is 0 Å². The summed E-state index contributed by atoms with van der Waals surface area (Å²) in [7, 11) is 2.49. The van der Waals surface area contributed by atoms with Gasteiger partial charge in [-0.15, -0.1) is 0 Å². The van der Waals surface area contributed by atoms with Gasteiger partial charge in [-0.1, -0.05) is 6.92 Å². The fraction of sp³-hybridized carbons (Fsp3) is 0.571. The van der Waals surface area contributed by atoms with Crippen LogP contribution in [0.25, 0.3) is 0 Å². The molecule has 1 heterocycles. The maximum Gasteiger partial charge on any atom is 0.123 e. The Labute approximate surface area is 116 Å². The molecule has 0 aliphatic carbocycles. The molecule has 3 atom stereocenters. The standard InChI is InChI=1S/C14H21NO3S/c1-10-6-7-15-13(9-19(10)16)12-8-11(17-2)4-5-14(12)18-3/h4-5,8,10,13,15H,6-7,9H2,1-3H3. The fourth-order valence-electron chi connectivity index (χ4n) is 2.29. The van der Waals surface area contributed by atoms with Crippen molar-refractivity contribution in [3.63, 3.8) is 0 Å². The van der Waals surface area contributed by atoms with Gasteiger partial charge in [0, 0.05) is 33.4 Å². The van der Waals surface area contributed by atoms with E-state index in [4.69, 9.17) is 9.47 Å². The quantitative estimate of drug-likeness (QED) is 0.920. The molecule has 1 N–H and O–H groups in total. The van der Waals surface area contributed by atoms with E-state index in [1.165, 1.54) is 0 Å². The molecule has 19 heavy (non-hydrogen) atoms. The van der Waals surface area contributed by atoms with Crippen LogP contribution in [0.1, 0.15) is 24.9 Å². The van der Waals surface area contributed by atoms with Gasteiger partial charge in [0.1, 0.15) is 11.5 Å². The van der Waals surface area contributed by atoms with E-state index >= 15 is 0 Å². The zero-order chi connectivity index (χ0) is 13.8. The van der Waals surface area contributed by atoms with Crippen molar-refractivity contribution in [2.75, 3.05) is 26.5 Å². The molecular formula is C14H21NO3S. The lowest BCUT2D eigenvalue weighted by Gasteiger charge is -2.19. The van der Waals surface area contributed by atoms with E-state index in [-0.39, 0.29) is 11.3 Å². The Morgan fingerprint density at radius 1 is 1.32 bits per heavy atom. The number of methoxy groups -OCH3 is 2.